The topological polar surface area (TPSA) is 29.1 Å². The molecule has 0 unspecified atom stereocenters. The third kappa shape index (κ3) is 0.831. The minimum atomic E-state index is 0.199. The third-order valence-corrected chi connectivity index (χ3v) is 1.75. The van der Waals surface area contributed by atoms with E-state index in [0.717, 1.165) is 0 Å². The zero-order valence-corrected chi connectivity index (χ0v) is 5.27. The van der Waals surface area contributed by atoms with Crippen molar-refractivity contribution < 1.29 is 4.79 Å². The van der Waals surface area contributed by atoms with Gasteiger partial charge in [-0.3, -0.25) is 4.79 Å². The Kier molecular flexibility index (Phi) is 1.24. The number of nitrogens with one attached hydrogen (secondary N) is 1. The van der Waals surface area contributed by atoms with Crippen molar-refractivity contribution in [2.24, 2.45) is 5.92 Å². The van der Waals surface area contributed by atoms with Gasteiger partial charge in [-0.25, -0.2) is 0 Å². The van der Waals surface area contributed by atoms with Crippen molar-refractivity contribution in [3.63, 3.8) is 0 Å². The fourth-order valence-electron chi connectivity index (χ4n) is 0.924. The number of carbonyl (C=O) groups is 1. The van der Waals surface area contributed by atoms with E-state index in [1.165, 1.54) is 0 Å². The lowest BCUT2D eigenvalue weighted by atomic mass is 10.1. The lowest BCUT2D eigenvalue weighted by Crippen LogP contribution is -2.24. The van der Waals surface area contributed by atoms with Crippen molar-refractivity contribution in [2.45, 2.75) is 26.3 Å². The molecule has 2 heteroatoms. The van der Waals surface area contributed by atoms with Gasteiger partial charge in [-0.1, -0.05) is 6.92 Å². The summed E-state index contributed by atoms with van der Waals surface area (Å²) >= 11 is 0. The number of amides is 1. The molecule has 0 aromatic carbocycles. The Hall–Kier alpha value is -0.530. The van der Waals surface area contributed by atoms with Crippen LogP contribution in [-0.2, 0) is 4.79 Å². The standard InChI is InChI=1S/C6H11NO/c1-4-3-6(8)7-5(4)2/h4-5H,3H2,1-2H3,(H,7,8)/t4-,5-/m1/s1. The monoisotopic (exact) mass is 113 g/mol. The second-order valence-corrected chi connectivity index (χ2v) is 2.54. The number of hydrogen-bond acceptors (Lipinski definition) is 1. The van der Waals surface area contributed by atoms with Gasteiger partial charge in [-0.05, 0) is 12.8 Å². The summed E-state index contributed by atoms with van der Waals surface area (Å²) < 4.78 is 0. The van der Waals surface area contributed by atoms with E-state index in [2.05, 4.69) is 12.2 Å². The van der Waals surface area contributed by atoms with E-state index in [9.17, 15) is 4.79 Å². The zero-order chi connectivity index (χ0) is 6.15. The Morgan fingerprint density at radius 1 is 1.62 bits per heavy atom. The Labute approximate surface area is 49.3 Å². The molecule has 1 heterocycles. The van der Waals surface area contributed by atoms with Crippen molar-refractivity contribution >= 4 is 5.91 Å². The first-order chi connectivity index (χ1) is 3.70. The molecule has 1 N–H and O–H groups in total. The predicted molar refractivity (Wildman–Crippen MR) is 31.4 cm³/mol. The van der Waals surface area contributed by atoms with Gasteiger partial charge in [-0.15, -0.1) is 0 Å². The van der Waals surface area contributed by atoms with Gasteiger partial charge < -0.3 is 5.32 Å². The summed E-state index contributed by atoms with van der Waals surface area (Å²) in [6.07, 6.45) is 0.709. The molecule has 1 fully saturated rings. The van der Waals surface area contributed by atoms with Crippen molar-refractivity contribution in [1.29, 1.82) is 0 Å². The largest absolute Gasteiger partial charge is 0.353 e. The third-order valence-electron chi connectivity index (χ3n) is 1.75. The predicted octanol–water partition coefficient (Wildman–Crippen LogP) is 0.531. The van der Waals surface area contributed by atoms with Crippen LogP contribution in [0.3, 0.4) is 0 Å². The normalized spacial score (nSPS) is 37.5. The molecule has 1 rings (SSSR count). The molecule has 0 bridgehead atoms. The fourth-order valence-corrected chi connectivity index (χ4v) is 0.924. The number of hydrogen-bond donors (Lipinski definition) is 1. The van der Waals surface area contributed by atoms with E-state index in [-0.39, 0.29) is 5.91 Å². The molecule has 0 aliphatic carbocycles. The summed E-state index contributed by atoms with van der Waals surface area (Å²) in [5.74, 6) is 0.729. The van der Waals surface area contributed by atoms with E-state index in [4.69, 9.17) is 0 Å². The SMILES string of the molecule is C[C@@H]1CC(=O)N[C@@H]1C. The first-order valence-corrected chi connectivity index (χ1v) is 2.99. The second kappa shape index (κ2) is 1.77. The summed E-state index contributed by atoms with van der Waals surface area (Å²) in [7, 11) is 0. The van der Waals surface area contributed by atoms with E-state index in [1.807, 2.05) is 6.92 Å². The van der Waals surface area contributed by atoms with Crippen LogP contribution >= 0.6 is 0 Å². The molecule has 8 heavy (non-hydrogen) atoms. The molecule has 2 nitrogen and oxygen atoms in total. The maximum atomic E-state index is 10.6. The molecule has 1 saturated heterocycles. The Morgan fingerprint density at radius 3 is 2.38 bits per heavy atom. The van der Waals surface area contributed by atoms with E-state index >= 15 is 0 Å². The zero-order valence-electron chi connectivity index (χ0n) is 5.27. The molecule has 1 amide bonds. The molecule has 2 atom stereocenters. The van der Waals surface area contributed by atoms with Gasteiger partial charge in [0.1, 0.15) is 0 Å². The van der Waals surface area contributed by atoms with E-state index in [1.54, 1.807) is 0 Å². The van der Waals surface area contributed by atoms with Gasteiger partial charge in [0.25, 0.3) is 0 Å². The van der Waals surface area contributed by atoms with Crippen LogP contribution in [0.25, 0.3) is 0 Å². The molecule has 1 aliphatic heterocycles. The first kappa shape index (κ1) is 5.60. The van der Waals surface area contributed by atoms with Gasteiger partial charge in [0.05, 0.1) is 0 Å². The van der Waals surface area contributed by atoms with Gasteiger partial charge >= 0.3 is 0 Å². The minimum absolute atomic E-state index is 0.199. The van der Waals surface area contributed by atoms with Crippen molar-refractivity contribution in [3.05, 3.63) is 0 Å². The van der Waals surface area contributed by atoms with E-state index in [0.29, 0.717) is 18.4 Å². The summed E-state index contributed by atoms with van der Waals surface area (Å²) in [4.78, 5) is 10.6. The van der Waals surface area contributed by atoms with E-state index < -0.39 is 0 Å². The van der Waals surface area contributed by atoms with Crippen LogP contribution in [0.15, 0.2) is 0 Å². The smallest absolute Gasteiger partial charge is 0.220 e. The van der Waals surface area contributed by atoms with Gasteiger partial charge in [0.15, 0.2) is 0 Å². The highest BCUT2D eigenvalue weighted by atomic mass is 16.1. The molecular formula is C6H11NO. The highest BCUT2D eigenvalue weighted by molar-refractivity contribution is 5.78. The highest BCUT2D eigenvalue weighted by Crippen LogP contribution is 2.13. The summed E-state index contributed by atoms with van der Waals surface area (Å²) in [6.45, 7) is 4.12. The first-order valence-electron chi connectivity index (χ1n) is 2.99. The molecule has 0 aromatic rings. The molecule has 0 radical (unpaired) electrons. The summed E-state index contributed by atoms with van der Waals surface area (Å²) in [6, 6.07) is 0.391. The van der Waals surface area contributed by atoms with Crippen molar-refractivity contribution in [3.8, 4) is 0 Å². The lowest BCUT2D eigenvalue weighted by molar-refractivity contribution is -0.119. The van der Waals surface area contributed by atoms with Gasteiger partial charge in [0, 0.05) is 12.5 Å². The number of carbonyl (C=O) groups excluding carboxylic acids is 1. The molecule has 0 spiro atoms. The van der Waals surface area contributed by atoms with Crippen LogP contribution < -0.4 is 5.32 Å². The maximum absolute atomic E-state index is 10.6. The average molecular weight is 113 g/mol. The van der Waals surface area contributed by atoms with Crippen molar-refractivity contribution in [1.82, 2.24) is 5.32 Å². The average Bonchev–Trinajstić information content (AvgIpc) is 1.85. The Balaban J connectivity index is 2.51. The minimum Gasteiger partial charge on any atom is -0.353 e. The summed E-state index contributed by atoms with van der Waals surface area (Å²) in [5.41, 5.74) is 0. The van der Waals surface area contributed by atoms with Crippen LogP contribution in [0.5, 0.6) is 0 Å². The van der Waals surface area contributed by atoms with Crippen LogP contribution in [-0.4, -0.2) is 11.9 Å². The van der Waals surface area contributed by atoms with Crippen molar-refractivity contribution in [2.75, 3.05) is 0 Å². The lowest BCUT2D eigenvalue weighted by Gasteiger charge is -2.04. The number of rotatable bonds is 0. The van der Waals surface area contributed by atoms with Crippen LogP contribution in [0.2, 0.25) is 0 Å². The van der Waals surface area contributed by atoms with Crippen LogP contribution in [0.1, 0.15) is 20.3 Å². The van der Waals surface area contributed by atoms with Crippen LogP contribution in [0, 0.1) is 5.92 Å². The second-order valence-electron chi connectivity index (χ2n) is 2.54. The van der Waals surface area contributed by atoms with Crippen LogP contribution in [0.4, 0.5) is 0 Å². The molecule has 46 valence electrons. The quantitative estimate of drug-likeness (QED) is 0.488. The fraction of sp³-hybridized carbons (Fsp3) is 0.833. The van der Waals surface area contributed by atoms with Gasteiger partial charge in [-0.2, -0.15) is 0 Å². The Morgan fingerprint density at radius 2 is 2.25 bits per heavy atom. The molecule has 0 aromatic heterocycles. The molecule has 1 aliphatic rings. The highest BCUT2D eigenvalue weighted by Gasteiger charge is 2.23. The summed E-state index contributed by atoms with van der Waals surface area (Å²) in [5, 5.41) is 2.83. The Bertz CT molecular complexity index is 99.1. The molecule has 0 saturated carbocycles. The molecular weight excluding hydrogens is 102 g/mol. The maximum Gasteiger partial charge on any atom is 0.220 e. The van der Waals surface area contributed by atoms with Gasteiger partial charge in [0.2, 0.25) is 5.91 Å².